The molecule has 0 aromatic heterocycles. The van der Waals surface area contributed by atoms with Crippen molar-refractivity contribution in [2.24, 2.45) is 0 Å². The van der Waals surface area contributed by atoms with Crippen LogP contribution in [0.15, 0.2) is 36.4 Å². The fraction of sp³-hybridized carbons (Fsp3) is 0.235. The molecule has 9 heteroatoms. The summed E-state index contributed by atoms with van der Waals surface area (Å²) in [5.41, 5.74) is 3.49. The number of benzene rings is 2. The maximum atomic E-state index is 13.0. The molecule has 1 aliphatic heterocycles. The second-order valence-corrected chi connectivity index (χ2v) is 5.87. The molecule has 1 amide bonds. The van der Waals surface area contributed by atoms with Crippen molar-refractivity contribution in [3.8, 4) is 11.5 Å². The standard InChI is InChI=1S/C17H14ClF3N2O3/c18-12-8-10(9-14-15(12)26-7-3-6-25-14)16(24)23-22-13-5-2-1-4-11(13)17(19,20)21/h1-2,4-5,8-9,22H,3,6-7H2,(H,23,24). The predicted octanol–water partition coefficient (Wildman–Crippen LogP) is 4.28. The van der Waals surface area contributed by atoms with Crippen molar-refractivity contribution in [3.63, 3.8) is 0 Å². The van der Waals surface area contributed by atoms with Gasteiger partial charge in [0, 0.05) is 12.0 Å². The highest BCUT2D eigenvalue weighted by Crippen LogP contribution is 2.38. The van der Waals surface area contributed by atoms with Gasteiger partial charge in [-0.25, -0.2) is 0 Å². The van der Waals surface area contributed by atoms with Gasteiger partial charge in [0.15, 0.2) is 11.5 Å². The number of alkyl halides is 3. The van der Waals surface area contributed by atoms with Crippen molar-refractivity contribution in [1.82, 2.24) is 5.43 Å². The van der Waals surface area contributed by atoms with Crippen molar-refractivity contribution >= 4 is 23.2 Å². The molecular formula is C17H14ClF3N2O3. The Hall–Kier alpha value is -2.61. The molecule has 1 heterocycles. The molecule has 26 heavy (non-hydrogen) atoms. The molecule has 0 saturated carbocycles. The third kappa shape index (κ3) is 3.96. The molecule has 0 bridgehead atoms. The SMILES string of the molecule is O=C(NNc1ccccc1C(F)(F)F)c1cc(Cl)c2c(c1)OCCCO2. The van der Waals surface area contributed by atoms with E-state index in [1.54, 1.807) is 0 Å². The van der Waals surface area contributed by atoms with Gasteiger partial charge in [-0.2, -0.15) is 13.2 Å². The summed E-state index contributed by atoms with van der Waals surface area (Å²) in [4.78, 5) is 12.3. The van der Waals surface area contributed by atoms with Gasteiger partial charge in [0.1, 0.15) is 0 Å². The van der Waals surface area contributed by atoms with Crippen LogP contribution in [0.25, 0.3) is 0 Å². The van der Waals surface area contributed by atoms with Crippen LogP contribution < -0.4 is 20.3 Å². The van der Waals surface area contributed by atoms with Crippen molar-refractivity contribution < 1.29 is 27.4 Å². The number of halogens is 4. The van der Waals surface area contributed by atoms with E-state index in [4.69, 9.17) is 21.1 Å². The summed E-state index contributed by atoms with van der Waals surface area (Å²) in [7, 11) is 0. The molecule has 2 aromatic carbocycles. The van der Waals surface area contributed by atoms with Crippen LogP contribution in [0.3, 0.4) is 0 Å². The highest BCUT2D eigenvalue weighted by molar-refractivity contribution is 6.32. The van der Waals surface area contributed by atoms with Gasteiger partial charge >= 0.3 is 6.18 Å². The first-order valence-corrected chi connectivity index (χ1v) is 8.06. The first-order chi connectivity index (χ1) is 12.4. The molecule has 3 rings (SSSR count). The van der Waals surface area contributed by atoms with Crippen LogP contribution in [0, 0.1) is 0 Å². The lowest BCUT2D eigenvalue weighted by Gasteiger charge is -2.15. The van der Waals surface area contributed by atoms with E-state index in [9.17, 15) is 18.0 Å². The number of nitrogens with one attached hydrogen (secondary N) is 2. The van der Waals surface area contributed by atoms with Crippen LogP contribution in [-0.4, -0.2) is 19.1 Å². The maximum absolute atomic E-state index is 13.0. The lowest BCUT2D eigenvalue weighted by atomic mass is 10.1. The number of para-hydroxylation sites is 1. The van der Waals surface area contributed by atoms with Gasteiger partial charge in [-0.05, 0) is 24.3 Å². The van der Waals surface area contributed by atoms with E-state index >= 15 is 0 Å². The lowest BCUT2D eigenvalue weighted by molar-refractivity contribution is -0.137. The van der Waals surface area contributed by atoms with Gasteiger partial charge in [0.2, 0.25) is 0 Å². The third-order valence-electron chi connectivity index (χ3n) is 3.61. The van der Waals surface area contributed by atoms with Crippen LogP contribution in [-0.2, 0) is 6.18 Å². The van der Waals surface area contributed by atoms with Crippen molar-refractivity contribution in [1.29, 1.82) is 0 Å². The van der Waals surface area contributed by atoms with E-state index in [1.165, 1.54) is 30.3 Å². The quantitative estimate of drug-likeness (QED) is 0.773. The number of hydrogen-bond donors (Lipinski definition) is 2. The summed E-state index contributed by atoms with van der Waals surface area (Å²) >= 11 is 6.11. The van der Waals surface area contributed by atoms with E-state index in [1.807, 2.05) is 0 Å². The molecule has 0 radical (unpaired) electrons. The van der Waals surface area contributed by atoms with Gasteiger partial charge in [-0.1, -0.05) is 23.7 Å². The van der Waals surface area contributed by atoms with Gasteiger partial charge in [-0.3, -0.25) is 15.6 Å². The second kappa shape index (κ2) is 7.33. The summed E-state index contributed by atoms with van der Waals surface area (Å²) in [6.45, 7) is 0.847. The minimum absolute atomic E-state index is 0.122. The molecule has 1 aliphatic rings. The first-order valence-electron chi connectivity index (χ1n) is 7.68. The zero-order chi connectivity index (χ0) is 18.7. The molecule has 0 saturated heterocycles. The Balaban J connectivity index is 1.78. The zero-order valence-electron chi connectivity index (χ0n) is 13.3. The molecule has 0 fully saturated rings. The number of amides is 1. The van der Waals surface area contributed by atoms with Gasteiger partial charge in [0.05, 0.1) is 29.5 Å². The molecule has 0 unspecified atom stereocenters. The topological polar surface area (TPSA) is 59.6 Å². The Labute approximate surface area is 152 Å². The number of carbonyl (C=O) groups excluding carboxylic acids is 1. The number of rotatable bonds is 3. The van der Waals surface area contributed by atoms with Crippen molar-refractivity contribution in [3.05, 3.63) is 52.5 Å². The molecule has 0 atom stereocenters. The number of hydrazine groups is 1. The summed E-state index contributed by atoms with van der Waals surface area (Å²) in [5, 5.41) is 0.185. The van der Waals surface area contributed by atoms with Gasteiger partial charge in [0.25, 0.3) is 5.91 Å². The number of ether oxygens (including phenoxy) is 2. The van der Waals surface area contributed by atoms with Crippen LogP contribution in [0.5, 0.6) is 11.5 Å². The summed E-state index contributed by atoms with van der Waals surface area (Å²) < 4.78 is 49.9. The normalized spacial score (nSPS) is 13.7. The molecule has 2 aromatic rings. The highest BCUT2D eigenvalue weighted by Gasteiger charge is 2.33. The van der Waals surface area contributed by atoms with Crippen LogP contribution in [0.4, 0.5) is 18.9 Å². The zero-order valence-corrected chi connectivity index (χ0v) is 14.1. The minimum Gasteiger partial charge on any atom is -0.489 e. The Bertz CT molecular complexity index is 827. The molecule has 0 spiro atoms. The van der Waals surface area contributed by atoms with Crippen LogP contribution in [0.2, 0.25) is 5.02 Å². The van der Waals surface area contributed by atoms with E-state index in [-0.39, 0.29) is 16.3 Å². The monoisotopic (exact) mass is 386 g/mol. The molecule has 0 aliphatic carbocycles. The Morgan fingerprint density at radius 3 is 2.62 bits per heavy atom. The van der Waals surface area contributed by atoms with Gasteiger partial charge in [-0.15, -0.1) is 0 Å². The number of anilines is 1. The first kappa shape index (κ1) is 18.2. The highest BCUT2D eigenvalue weighted by atomic mass is 35.5. The van der Waals surface area contributed by atoms with Crippen LogP contribution >= 0.6 is 11.6 Å². The number of hydrogen-bond acceptors (Lipinski definition) is 4. The van der Waals surface area contributed by atoms with Gasteiger partial charge < -0.3 is 9.47 Å². The number of carbonyl (C=O) groups is 1. The van der Waals surface area contributed by atoms with E-state index in [0.29, 0.717) is 31.1 Å². The summed E-state index contributed by atoms with van der Waals surface area (Å²) in [6, 6.07) is 7.61. The Morgan fingerprint density at radius 2 is 1.85 bits per heavy atom. The minimum atomic E-state index is -4.55. The summed E-state index contributed by atoms with van der Waals surface area (Å²) in [6.07, 6.45) is -3.88. The summed E-state index contributed by atoms with van der Waals surface area (Å²) in [5.74, 6) is -0.00791. The van der Waals surface area contributed by atoms with Crippen LogP contribution in [0.1, 0.15) is 22.3 Å². The average Bonchev–Trinajstić information content (AvgIpc) is 2.85. The molecular weight excluding hydrogens is 373 g/mol. The lowest BCUT2D eigenvalue weighted by Crippen LogP contribution is -2.30. The maximum Gasteiger partial charge on any atom is 0.418 e. The van der Waals surface area contributed by atoms with Crippen molar-refractivity contribution in [2.45, 2.75) is 12.6 Å². The smallest absolute Gasteiger partial charge is 0.418 e. The third-order valence-corrected chi connectivity index (χ3v) is 3.89. The van der Waals surface area contributed by atoms with E-state index < -0.39 is 17.6 Å². The molecule has 5 nitrogen and oxygen atoms in total. The Kier molecular flexibility index (Phi) is 5.13. The molecule has 2 N–H and O–H groups in total. The second-order valence-electron chi connectivity index (χ2n) is 5.46. The largest absolute Gasteiger partial charge is 0.489 e. The fourth-order valence-electron chi connectivity index (χ4n) is 2.40. The average molecular weight is 387 g/mol. The fourth-order valence-corrected chi connectivity index (χ4v) is 2.66. The van der Waals surface area contributed by atoms with Crippen molar-refractivity contribution in [2.75, 3.05) is 18.6 Å². The number of fused-ring (bicyclic) bond motifs is 1. The van der Waals surface area contributed by atoms with E-state index in [0.717, 1.165) is 6.07 Å². The molecule has 138 valence electrons. The van der Waals surface area contributed by atoms with E-state index in [2.05, 4.69) is 10.9 Å². The predicted molar refractivity (Wildman–Crippen MR) is 89.6 cm³/mol. The Morgan fingerprint density at radius 1 is 1.12 bits per heavy atom.